The highest BCUT2D eigenvalue weighted by molar-refractivity contribution is 5.89. The molecule has 1 aliphatic rings. The Bertz CT molecular complexity index is 1170. The van der Waals surface area contributed by atoms with Crippen LogP contribution in [0.5, 0.6) is 0 Å². The second-order valence-electron chi connectivity index (χ2n) is 8.60. The van der Waals surface area contributed by atoms with E-state index in [0.717, 1.165) is 30.3 Å². The molecule has 0 aliphatic carbocycles. The molecular weight excluding hydrogens is 446 g/mol. The number of pyridine rings is 1. The molecule has 0 bridgehead atoms. The zero-order valence-electron chi connectivity index (χ0n) is 20.4. The van der Waals surface area contributed by atoms with E-state index < -0.39 is 0 Å². The molecule has 1 aliphatic heterocycles. The van der Waals surface area contributed by atoms with Crippen LogP contribution in [0.25, 0.3) is 5.69 Å². The van der Waals surface area contributed by atoms with Crippen LogP contribution < -0.4 is 20.9 Å². The number of carbonyl (C=O) groups is 2. The molecule has 35 heavy (non-hydrogen) atoms. The van der Waals surface area contributed by atoms with E-state index in [0.29, 0.717) is 18.2 Å². The highest BCUT2D eigenvalue weighted by Gasteiger charge is 2.31. The minimum absolute atomic E-state index is 0.0990. The van der Waals surface area contributed by atoms with Gasteiger partial charge in [-0.3, -0.25) is 4.79 Å². The van der Waals surface area contributed by atoms with E-state index in [1.165, 1.54) is 0 Å². The molecule has 3 aromatic rings. The fraction of sp³-hybridized carbons (Fsp3) is 0.375. The van der Waals surface area contributed by atoms with Crippen molar-refractivity contribution in [3.8, 4) is 5.69 Å². The van der Waals surface area contributed by atoms with Gasteiger partial charge in [-0.15, -0.1) is 5.10 Å². The van der Waals surface area contributed by atoms with Crippen molar-refractivity contribution in [3.05, 3.63) is 48.9 Å². The number of benzene rings is 1. The zero-order chi connectivity index (χ0) is 24.9. The number of piperazine rings is 1. The monoisotopic (exact) mass is 477 g/mol. The van der Waals surface area contributed by atoms with E-state index in [-0.39, 0.29) is 24.0 Å². The second-order valence-corrected chi connectivity index (χ2v) is 8.60. The van der Waals surface area contributed by atoms with Gasteiger partial charge in [-0.1, -0.05) is 0 Å². The van der Waals surface area contributed by atoms with E-state index in [4.69, 9.17) is 0 Å². The quantitative estimate of drug-likeness (QED) is 0.499. The lowest BCUT2D eigenvalue weighted by molar-refractivity contribution is -0.133. The van der Waals surface area contributed by atoms with Crippen LogP contribution in [0.1, 0.15) is 27.7 Å². The van der Waals surface area contributed by atoms with Gasteiger partial charge in [-0.2, -0.15) is 4.98 Å². The summed E-state index contributed by atoms with van der Waals surface area (Å²) in [5, 5.41) is 13.2. The van der Waals surface area contributed by atoms with E-state index in [1.807, 2.05) is 36.1 Å². The lowest BCUT2D eigenvalue weighted by Crippen LogP contribution is -2.58. The number of carbonyl (C=O) groups excluding carboxylic acids is 2. The van der Waals surface area contributed by atoms with Crippen molar-refractivity contribution in [2.24, 2.45) is 0 Å². The van der Waals surface area contributed by atoms with Crippen molar-refractivity contribution in [1.29, 1.82) is 0 Å². The highest BCUT2D eigenvalue weighted by atomic mass is 16.2. The summed E-state index contributed by atoms with van der Waals surface area (Å²) in [6.07, 6.45) is 3.40. The van der Waals surface area contributed by atoms with Gasteiger partial charge in [0.2, 0.25) is 11.9 Å². The summed E-state index contributed by atoms with van der Waals surface area (Å²) in [6.45, 7) is 9.61. The van der Waals surface area contributed by atoms with Gasteiger partial charge in [0.15, 0.2) is 0 Å². The van der Waals surface area contributed by atoms with Crippen LogP contribution in [0.3, 0.4) is 0 Å². The van der Waals surface area contributed by atoms with Crippen LogP contribution in [-0.2, 0) is 4.79 Å². The maximum Gasteiger partial charge on any atom is 0.319 e. The molecule has 1 fully saturated rings. The maximum atomic E-state index is 12.0. The smallest absolute Gasteiger partial charge is 0.319 e. The summed E-state index contributed by atoms with van der Waals surface area (Å²) >= 11 is 0. The zero-order valence-corrected chi connectivity index (χ0v) is 20.4. The average Bonchev–Trinajstić information content (AvgIpc) is 3.28. The Hall–Kier alpha value is -4.15. The molecule has 3 heterocycles. The van der Waals surface area contributed by atoms with Crippen LogP contribution >= 0.6 is 0 Å². The number of urea groups is 1. The molecule has 0 unspecified atom stereocenters. The number of nitrogens with zero attached hydrogens (tertiary/aromatic N) is 6. The molecule has 1 saturated heterocycles. The Labute approximate surface area is 204 Å². The number of hydrogen-bond acceptors (Lipinski definition) is 7. The predicted molar refractivity (Wildman–Crippen MR) is 135 cm³/mol. The van der Waals surface area contributed by atoms with E-state index >= 15 is 0 Å². The molecule has 2 aromatic heterocycles. The molecule has 0 radical (unpaired) electrons. The predicted octanol–water partition coefficient (Wildman–Crippen LogP) is 2.99. The van der Waals surface area contributed by atoms with Crippen molar-refractivity contribution >= 4 is 35.1 Å². The van der Waals surface area contributed by atoms with Crippen molar-refractivity contribution in [3.63, 3.8) is 0 Å². The third-order valence-electron chi connectivity index (χ3n) is 5.83. The van der Waals surface area contributed by atoms with Gasteiger partial charge in [0, 0.05) is 62.3 Å². The van der Waals surface area contributed by atoms with Crippen molar-refractivity contribution in [1.82, 2.24) is 30.0 Å². The Morgan fingerprint density at radius 3 is 2.37 bits per heavy atom. The highest BCUT2D eigenvalue weighted by Crippen LogP contribution is 2.23. The van der Waals surface area contributed by atoms with Gasteiger partial charge in [-0.25, -0.2) is 14.5 Å². The molecule has 11 nitrogen and oxygen atoms in total. The summed E-state index contributed by atoms with van der Waals surface area (Å²) in [5.74, 6) is 1.39. The molecule has 11 heteroatoms. The molecule has 0 spiro atoms. The third kappa shape index (κ3) is 5.68. The number of hydrogen-bond donors (Lipinski definition) is 3. The number of rotatable bonds is 6. The normalized spacial score (nSPS) is 17.7. The first kappa shape index (κ1) is 24.0. The van der Waals surface area contributed by atoms with Crippen LogP contribution in [0.4, 0.5) is 27.9 Å². The maximum absolute atomic E-state index is 12.0. The molecule has 3 amide bonds. The molecule has 4 rings (SSSR count). The summed E-state index contributed by atoms with van der Waals surface area (Å²) in [4.78, 5) is 36.6. The van der Waals surface area contributed by atoms with Crippen LogP contribution in [0.2, 0.25) is 0 Å². The largest absolute Gasteiger partial charge is 0.352 e. The minimum atomic E-state index is -0.241. The third-order valence-corrected chi connectivity index (χ3v) is 5.83. The fourth-order valence-corrected chi connectivity index (χ4v) is 4.40. The van der Waals surface area contributed by atoms with Gasteiger partial charge >= 0.3 is 6.03 Å². The standard InChI is InChI=1S/C24H31N9O2/c1-5-25-24(35)29-20-8-6-19(7-9-20)28-23-27-15-32(30-23)21-10-11-26-22(12-21)31-13-16(2)33(18(4)34)17(3)14-31/h6-12,15-17H,5,13-14H2,1-4H3,(H,28,30)(H2,25,29,35)/t16-,17+. The van der Waals surface area contributed by atoms with Crippen LogP contribution in [-0.4, -0.2) is 68.3 Å². The number of aromatic nitrogens is 4. The minimum Gasteiger partial charge on any atom is -0.352 e. The first-order valence-electron chi connectivity index (χ1n) is 11.7. The van der Waals surface area contributed by atoms with E-state index in [1.54, 1.807) is 36.3 Å². The average molecular weight is 478 g/mol. The summed E-state index contributed by atoms with van der Waals surface area (Å²) in [6, 6.07) is 11.1. The van der Waals surface area contributed by atoms with Gasteiger partial charge in [0.25, 0.3) is 0 Å². The van der Waals surface area contributed by atoms with Crippen LogP contribution in [0.15, 0.2) is 48.9 Å². The summed E-state index contributed by atoms with van der Waals surface area (Å²) < 4.78 is 1.69. The Morgan fingerprint density at radius 1 is 1.03 bits per heavy atom. The van der Waals surface area contributed by atoms with E-state index in [9.17, 15) is 9.59 Å². The van der Waals surface area contributed by atoms with Crippen LogP contribution in [0, 0.1) is 0 Å². The summed E-state index contributed by atoms with van der Waals surface area (Å²) in [5.41, 5.74) is 2.33. The molecule has 3 N–H and O–H groups in total. The number of nitrogens with one attached hydrogen (secondary N) is 3. The first-order valence-corrected chi connectivity index (χ1v) is 11.7. The lowest BCUT2D eigenvalue weighted by atomic mass is 10.1. The van der Waals surface area contributed by atoms with Gasteiger partial charge in [0.05, 0.1) is 5.69 Å². The molecule has 0 saturated carbocycles. The van der Waals surface area contributed by atoms with Crippen molar-refractivity contribution in [2.45, 2.75) is 39.8 Å². The molecule has 2 atom stereocenters. The van der Waals surface area contributed by atoms with Gasteiger partial charge in [-0.05, 0) is 51.1 Å². The fourth-order valence-electron chi connectivity index (χ4n) is 4.40. The molecule has 1 aromatic carbocycles. The molecule has 184 valence electrons. The number of anilines is 4. The first-order chi connectivity index (χ1) is 16.8. The molecular formula is C24H31N9O2. The van der Waals surface area contributed by atoms with E-state index in [2.05, 4.69) is 49.8 Å². The van der Waals surface area contributed by atoms with Crippen molar-refractivity contribution in [2.75, 3.05) is 35.2 Å². The summed E-state index contributed by atoms with van der Waals surface area (Å²) in [7, 11) is 0. The number of amides is 3. The SMILES string of the molecule is CCNC(=O)Nc1ccc(Nc2ncn(-c3ccnc(N4C[C@@H](C)N(C(C)=O)[C@@H](C)C4)c3)n2)cc1. The topological polar surface area (TPSA) is 120 Å². The van der Waals surface area contributed by atoms with Gasteiger partial charge in [0.1, 0.15) is 12.1 Å². The van der Waals surface area contributed by atoms with Crippen molar-refractivity contribution < 1.29 is 9.59 Å². The second kappa shape index (κ2) is 10.4. The van der Waals surface area contributed by atoms with Gasteiger partial charge < -0.3 is 25.8 Å². The Balaban J connectivity index is 1.42. The lowest BCUT2D eigenvalue weighted by Gasteiger charge is -2.44. The Kier molecular flexibility index (Phi) is 7.14. The Morgan fingerprint density at radius 2 is 1.71 bits per heavy atom.